The Labute approximate surface area is 189 Å². The third-order valence-electron chi connectivity index (χ3n) is 6.86. The lowest BCUT2D eigenvalue weighted by Gasteiger charge is -2.38. The second-order valence-electron chi connectivity index (χ2n) is 9.24. The summed E-state index contributed by atoms with van der Waals surface area (Å²) in [5.41, 5.74) is 3.86. The minimum absolute atomic E-state index is 0.0353. The first-order valence-electron chi connectivity index (χ1n) is 11.7. The van der Waals surface area contributed by atoms with Crippen LogP contribution in [0.1, 0.15) is 26.7 Å². The van der Waals surface area contributed by atoms with E-state index in [1.165, 1.54) is 10.3 Å². The molecule has 0 unspecified atom stereocenters. The third-order valence-corrected chi connectivity index (χ3v) is 6.86. The zero-order chi connectivity index (χ0) is 22.2. The van der Waals surface area contributed by atoms with Gasteiger partial charge in [-0.1, -0.05) is 12.1 Å². The molecule has 3 aromatic rings. The highest BCUT2D eigenvalue weighted by Gasteiger charge is 2.22. The average molecular weight is 433 g/mol. The molecule has 0 atom stereocenters. The predicted molar refractivity (Wildman–Crippen MR) is 131 cm³/mol. The Kier molecular flexibility index (Phi) is 5.59. The van der Waals surface area contributed by atoms with Gasteiger partial charge in [0, 0.05) is 63.6 Å². The van der Waals surface area contributed by atoms with E-state index in [4.69, 9.17) is 4.98 Å². The van der Waals surface area contributed by atoms with E-state index in [0.29, 0.717) is 16.9 Å². The van der Waals surface area contributed by atoms with E-state index in [9.17, 15) is 4.79 Å². The Balaban J connectivity index is 1.47. The van der Waals surface area contributed by atoms with Gasteiger partial charge in [-0.2, -0.15) is 0 Å². The van der Waals surface area contributed by atoms with Crippen LogP contribution in [-0.2, 0) is 7.05 Å². The average Bonchev–Trinajstić information content (AvgIpc) is 3.36. The summed E-state index contributed by atoms with van der Waals surface area (Å²) in [4.78, 5) is 29.6. The van der Waals surface area contributed by atoms with Crippen molar-refractivity contribution >= 4 is 22.4 Å². The van der Waals surface area contributed by atoms with Crippen molar-refractivity contribution in [2.45, 2.75) is 32.7 Å². The molecule has 1 aromatic carbocycles. The van der Waals surface area contributed by atoms with Gasteiger partial charge >= 0.3 is 0 Å². The molecular formula is C25H32N6O. The first kappa shape index (κ1) is 20.9. The fraction of sp³-hybridized carbons (Fsp3) is 0.480. The lowest BCUT2D eigenvalue weighted by molar-refractivity contribution is 0.209. The summed E-state index contributed by atoms with van der Waals surface area (Å²) >= 11 is 0. The standard InChI is InChI=1S/C25H32N6O/c1-18(2)29-12-14-30(15-13-29)20-8-6-19(7-9-20)21-16-22-23(25(32)28(3)17-26-22)24(27-21)31-10-4-5-11-31/h6-9,16-18H,4-5,10-15H2,1-3H3. The van der Waals surface area contributed by atoms with Crippen molar-refractivity contribution in [3.8, 4) is 11.3 Å². The monoisotopic (exact) mass is 432 g/mol. The number of aryl methyl sites for hydroxylation is 1. The summed E-state index contributed by atoms with van der Waals surface area (Å²) in [7, 11) is 1.75. The zero-order valence-corrected chi connectivity index (χ0v) is 19.3. The Morgan fingerprint density at radius 2 is 1.59 bits per heavy atom. The Bertz CT molecular complexity index is 1160. The van der Waals surface area contributed by atoms with E-state index < -0.39 is 0 Å². The maximum Gasteiger partial charge on any atom is 0.264 e. The summed E-state index contributed by atoms with van der Waals surface area (Å²) in [5, 5.41) is 0.625. The number of aromatic nitrogens is 3. The van der Waals surface area contributed by atoms with Crippen molar-refractivity contribution < 1.29 is 0 Å². The van der Waals surface area contributed by atoms with Gasteiger partial charge in [-0.25, -0.2) is 9.97 Å². The van der Waals surface area contributed by atoms with Crippen LogP contribution in [0.15, 0.2) is 41.5 Å². The molecule has 0 amide bonds. The largest absolute Gasteiger partial charge is 0.369 e. The molecule has 2 aliphatic rings. The van der Waals surface area contributed by atoms with E-state index in [1.807, 2.05) is 6.07 Å². The van der Waals surface area contributed by atoms with Crippen LogP contribution in [0.3, 0.4) is 0 Å². The van der Waals surface area contributed by atoms with Crippen molar-refractivity contribution in [3.05, 3.63) is 47.0 Å². The number of benzene rings is 1. The molecule has 0 N–H and O–H groups in total. The highest BCUT2D eigenvalue weighted by atomic mass is 16.1. The predicted octanol–water partition coefficient (Wildman–Crippen LogP) is 3.13. The van der Waals surface area contributed by atoms with Crippen LogP contribution in [0, 0.1) is 0 Å². The number of pyridine rings is 1. The van der Waals surface area contributed by atoms with E-state index in [-0.39, 0.29) is 5.56 Å². The quantitative estimate of drug-likeness (QED) is 0.631. The van der Waals surface area contributed by atoms with Gasteiger partial charge in [0.1, 0.15) is 11.2 Å². The number of piperazine rings is 1. The summed E-state index contributed by atoms with van der Waals surface area (Å²) in [6.45, 7) is 10.7. The summed E-state index contributed by atoms with van der Waals surface area (Å²) in [5.74, 6) is 0.776. The van der Waals surface area contributed by atoms with Gasteiger partial charge < -0.3 is 14.4 Å². The Hall–Kier alpha value is -2.93. The molecule has 2 aromatic heterocycles. The first-order chi connectivity index (χ1) is 15.5. The van der Waals surface area contributed by atoms with Gasteiger partial charge in [0.15, 0.2) is 0 Å². The Morgan fingerprint density at radius 3 is 2.25 bits per heavy atom. The fourth-order valence-electron chi connectivity index (χ4n) is 4.85. The molecule has 0 saturated carbocycles. The third kappa shape index (κ3) is 3.86. The van der Waals surface area contributed by atoms with Crippen molar-refractivity contribution in [2.24, 2.45) is 7.05 Å². The second-order valence-corrected chi connectivity index (χ2v) is 9.24. The molecule has 5 rings (SSSR count). The minimum Gasteiger partial charge on any atom is -0.369 e. The van der Waals surface area contributed by atoms with Crippen LogP contribution in [0.4, 0.5) is 11.5 Å². The molecule has 0 radical (unpaired) electrons. The molecular weight excluding hydrogens is 400 g/mol. The maximum absolute atomic E-state index is 12.9. The molecule has 168 valence electrons. The van der Waals surface area contributed by atoms with Crippen LogP contribution < -0.4 is 15.4 Å². The van der Waals surface area contributed by atoms with Crippen molar-refractivity contribution in [1.29, 1.82) is 0 Å². The summed E-state index contributed by atoms with van der Waals surface area (Å²) in [6.07, 6.45) is 3.86. The molecule has 2 aliphatic heterocycles. The van der Waals surface area contributed by atoms with E-state index in [0.717, 1.165) is 69.2 Å². The molecule has 32 heavy (non-hydrogen) atoms. The molecule has 2 fully saturated rings. The van der Waals surface area contributed by atoms with E-state index in [2.05, 4.69) is 57.8 Å². The maximum atomic E-state index is 12.9. The summed E-state index contributed by atoms with van der Waals surface area (Å²) < 4.78 is 1.54. The topological polar surface area (TPSA) is 57.5 Å². The second kappa shape index (κ2) is 8.54. The Morgan fingerprint density at radius 1 is 0.906 bits per heavy atom. The number of hydrogen-bond donors (Lipinski definition) is 0. The van der Waals surface area contributed by atoms with Gasteiger partial charge in [-0.05, 0) is 44.9 Å². The van der Waals surface area contributed by atoms with Crippen molar-refractivity contribution in [2.75, 3.05) is 49.1 Å². The summed E-state index contributed by atoms with van der Waals surface area (Å²) in [6, 6.07) is 11.2. The SMILES string of the molecule is CC(C)N1CCN(c2ccc(-c3cc4ncn(C)c(=O)c4c(N4CCCC4)n3)cc2)CC1. The molecule has 0 aliphatic carbocycles. The van der Waals surface area contributed by atoms with Crippen molar-refractivity contribution in [1.82, 2.24) is 19.4 Å². The number of nitrogens with zero attached hydrogens (tertiary/aromatic N) is 6. The van der Waals surface area contributed by atoms with Crippen molar-refractivity contribution in [3.63, 3.8) is 0 Å². The minimum atomic E-state index is -0.0353. The van der Waals surface area contributed by atoms with Crippen LogP contribution in [0.5, 0.6) is 0 Å². The highest BCUT2D eigenvalue weighted by Crippen LogP contribution is 2.30. The fourth-order valence-corrected chi connectivity index (χ4v) is 4.85. The normalized spacial score (nSPS) is 17.6. The smallest absolute Gasteiger partial charge is 0.264 e. The van der Waals surface area contributed by atoms with Crippen LogP contribution in [0.25, 0.3) is 22.2 Å². The van der Waals surface area contributed by atoms with Gasteiger partial charge in [-0.15, -0.1) is 0 Å². The first-order valence-corrected chi connectivity index (χ1v) is 11.7. The molecule has 0 spiro atoms. The number of hydrogen-bond acceptors (Lipinski definition) is 6. The molecule has 0 bridgehead atoms. The van der Waals surface area contributed by atoms with E-state index >= 15 is 0 Å². The molecule has 7 heteroatoms. The van der Waals surface area contributed by atoms with Crippen LogP contribution in [-0.4, -0.2) is 64.7 Å². The van der Waals surface area contributed by atoms with Gasteiger partial charge in [-0.3, -0.25) is 9.69 Å². The molecule has 2 saturated heterocycles. The highest BCUT2D eigenvalue weighted by molar-refractivity contribution is 5.92. The van der Waals surface area contributed by atoms with Gasteiger partial charge in [0.2, 0.25) is 0 Å². The van der Waals surface area contributed by atoms with Gasteiger partial charge in [0.25, 0.3) is 5.56 Å². The number of rotatable bonds is 4. The van der Waals surface area contributed by atoms with Crippen LogP contribution in [0.2, 0.25) is 0 Å². The number of fused-ring (bicyclic) bond motifs is 1. The zero-order valence-electron chi connectivity index (χ0n) is 19.3. The molecule has 7 nitrogen and oxygen atoms in total. The lowest BCUT2D eigenvalue weighted by Crippen LogP contribution is -2.48. The lowest BCUT2D eigenvalue weighted by atomic mass is 10.1. The van der Waals surface area contributed by atoms with Crippen LogP contribution >= 0.6 is 0 Å². The molecule has 4 heterocycles. The van der Waals surface area contributed by atoms with E-state index in [1.54, 1.807) is 13.4 Å². The number of anilines is 2. The van der Waals surface area contributed by atoms with Gasteiger partial charge in [0.05, 0.1) is 17.5 Å².